The van der Waals surface area contributed by atoms with Gasteiger partial charge < -0.3 is 10.3 Å². The molecule has 1 saturated carbocycles. The molecule has 8 nitrogen and oxygen atoms in total. The molecule has 4 N–H and O–H groups in total. The van der Waals surface area contributed by atoms with E-state index >= 15 is 0 Å². The lowest BCUT2D eigenvalue weighted by atomic mass is 9.99. The Morgan fingerprint density at radius 1 is 1.12 bits per heavy atom. The van der Waals surface area contributed by atoms with E-state index in [1.165, 1.54) is 25.7 Å². The van der Waals surface area contributed by atoms with Crippen molar-refractivity contribution in [3.05, 3.63) is 68.6 Å². The number of fused-ring (bicyclic) bond motifs is 1. The maximum atomic E-state index is 14.5. The number of anilines is 1. The highest BCUT2D eigenvalue weighted by atomic mass is 32.2. The van der Waals surface area contributed by atoms with Crippen LogP contribution in [-0.2, 0) is 16.6 Å². The molecule has 176 valence electrons. The van der Waals surface area contributed by atoms with E-state index in [1.54, 1.807) is 12.1 Å². The Kier molecular flexibility index (Phi) is 6.66. The number of nitrogens with one attached hydrogen (secondary N) is 4. The van der Waals surface area contributed by atoms with Gasteiger partial charge in [0.15, 0.2) is 0 Å². The molecule has 33 heavy (non-hydrogen) atoms. The van der Waals surface area contributed by atoms with Crippen molar-refractivity contribution < 1.29 is 12.8 Å². The van der Waals surface area contributed by atoms with Gasteiger partial charge in [-0.05, 0) is 43.0 Å². The first-order chi connectivity index (χ1) is 15.7. The van der Waals surface area contributed by atoms with Crippen LogP contribution in [0.3, 0.4) is 0 Å². The zero-order valence-corrected chi connectivity index (χ0v) is 19.1. The normalized spacial score (nSPS) is 15.7. The number of sulfonamides is 1. The van der Waals surface area contributed by atoms with Crippen molar-refractivity contribution in [1.29, 1.82) is 0 Å². The van der Waals surface area contributed by atoms with Crippen LogP contribution >= 0.6 is 0 Å². The van der Waals surface area contributed by atoms with E-state index in [2.05, 4.69) is 21.9 Å². The van der Waals surface area contributed by atoms with Gasteiger partial charge in [0.25, 0.3) is 15.6 Å². The number of H-pyrrole nitrogens is 2. The minimum atomic E-state index is -4.20. The van der Waals surface area contributed by atoms with Crippen molar-refractivity contribution in [2.24, 2.45) is 5.92 Å². The molecule has 1 heterocycles. The highest BCUT2D eigenvalue weighted by molar-refractivity contribution is 7.92. The van der Waals surface area contributed by atoms with E-state index in [4.69, 9.17) is 0 Å². The summed E-state index contributed by atoms with van der Waals surface area (Å²) in [7, 11) is -4.20. The van der Waals surface area contributed by atoms with Gasteiger partial charge >= 0.3 is 5.69 Å². The van der Waals surface area contributed by atoms with Gasteiger partial charge in [-0.15, -0.1) is 0 Å². The molecule has 2 aromatic carbocycles. The molecule has 0 aliphatic heterocycles. The van der Waals surface area contributed by atoms with Crippen molar-refractivity contribution in [3.63, 3.8) is 0 Å². The van der Waals surface area contributed by atoms with Gasteiger partial charge in [0.05, 0.1) is 21.5 Å². The molecule has 0 unspecified atom stereocenters. The van der Waals surface area contributed by atoms with E-state index < -0.39 is 32.0 Å². The average molecular weight is 475 g/mol. The number of aromatic amines is 2. The maximum absolute atomic E-state index is 14.5. The molecular weight excluding hydrogens is 447 g/mol. The summed E-state index contributed by atoms with van der Waals surface area (Å²) in [5.74, 6) is -0.270. The van der Waals surface area contributed by atoms with Crippen LogP contribution in [0.25, 0.3) is 10.9 Å². The van der Waals surface area contributed by atoms with E-state index in [0.29, 0.717) is 18.3 Å². The van der Waals surface area contributed by atoms with Gasteiger partial charge in [-0.3, -0.25) is 14.5 Å². The van der Waals surface area contributed by atoms with E-state index in [9.17, 15) is 22.4 Å². The highest BCUT2D eigenvalue weighted by Gasteiger charge is 2.21. The summed E-state index contributed by atoms with van der Waals surface area (Å²) in [5.41, 5.74) is -0.963. The molecule has 0 radical (unpaired) electrons. The summed E-state index contributed by atoms with van der Waals surface area (Å²) in [6.45, 7) is 2.60. The van der Waals surface area contributed by atoms with Crippen LogP contribution in [-0.4, -0.2) is 24.4 Å². The topological polar surface area (TPSA) is 124 Å². The molecule has 1 fully saturated rings. The zero-order valence-electron chi connectivity index (χ0n) is 18.3. The van der Waals surface area contributed by atoms with Crippen molar-refractivity contribution in [1.82, 2.24) is 15.3 Å². The maximum Gasteiger partial charge on any atom is 0.326 e. The molecule has 10 heteroatoms. The summed E-state index contributed by atoms with van der Waals surface area (Å²) in [5, 5.41) is 3.21. The lowest BCUT2D eigenvalue weighted by Crippen LogP contribution is -2.28. The number of para-hydroxylation sites is 1. The number of benzene rings is 2. The first kappa shape index (κ1) is 23.2. The number of halogens is 1. The second-order valence-electron chi connectivity index (χ2n) is 8.67. The van der Waals surface area contributed by atoms with Crippen LogP contribution in [0.5, 0.6) is 0 Å². The molecule has 3 aromatic rings. The first-order valence-electron chi connectivity index (χ1n) is 11.0. The van der Waals surface area contributed by atoms with Crippen LogP contribution in [0.4, 0.5) is 10.1 Å². The van der Waals surface area contributed by atoms with Crippen molar-refractivity contribution in [2.75, 3.05) is 4.72 Å². The fourth-order valence-electron chi connectivity index (χ4n) is 4.45. The van der Waals surface area contributed by atoms with Crippen LogP contribution < -0.4 is 21.3 Å². The van der Waals surface area contributed by atoms with E-state index in [-0.39, 0.29) is 10.9 Å². The minimum absolute atomic E-state index is 0.259. The predicted octanol–water partition coefficient (Wildman–Crippen LogP) is 3.21. The molecule has 1 aliphatic carbocycles. The first-order valence-corrected chi connectivity index (χ1v) is 12.5. The number of hydrogen-bond acceptors (Lipinski definition) is 5. The molecular formula is C23H27FN4O4S. The summed E-state index contributed by atoms with van der Waals surface area (Å²) >= 11 is 0. The molecule has 0 bridgehead atoms. The number of hydrogen-bond donors (Lipinski definition) is 4. The fourth-order valence-corrected chi connectivity index (χ4v) is 5.59. The van der Waals surface area contributed by atoms with Crippen LogP contribution in [0, 0.1) is 11.7 Å². The largest absolute Gasteiger partial charge is 0.326 e. The summed E-state index contributed by atoms with van der Waals surface area (Å²) in [6.07, 6.45) is 6.20. The smallest absolute Gasteiger partial charge is 0.310 e. The Labute approximate surface area is 190 Å². The lowest BCUT2D eigenvalue weighted by Gasteiger charge is -2.19. The van der Waals surface area contributed by atoms with E-state index in [1.807, 2.05) is 17.1 Å². The molecule has 1 aliphatic rings. The fraction of sp³-hybridized carbons (Fsp3) is 0.391. The van der Waals surface area contributed by atoms with Crippen LogP contribution in [0.2, 0.25) is 0 Å². The molecule has 0 spiro atoms. The van der Waals surface area contributed by atoms with Gasteiger partial charge in [-0.1, -0.05) is 43.9 Å². The van der Waals surface area contributed by atoms with E-state index in [0.717, 1.165) is 30.0 Å². The Hall–Kier alpha value is -2.98. The van der Waals surface area contributed by atoms with Crippen molar-refractivity contribution in [2.45, 2.75) is 56.5 Å². The molecule has 4 rings (SSSR count). The quantitative estimate of drug-likeness (QED) is 0.399. The van der Waals surface area contributed by atoms with Gasteiger partial charge in [-0.2, -0.15) is 0 Å². The SMILES string of the molecule is C[C@@H](CC1CCCC1)NCc1ccccc1NS(=O)(=O)c1cc(F)c2[nH]c(=O)[nH]c(=O)c2c1. The number of aromatic nitrogens is 2. The predicted molar refractivity (Wildman–Crippen MR) is 125 cm³/mol. The molecule has 1 aromatic heterocycles. The Balaban J connectivity index is 1.55. The lowest BCUT2D eigenvalue weighted by molar-refractivity contribution is 0.404. The Morgan fingerprint density at radius 2 is 1.85 bits per heavy atom. The van der Waals surface area contributed by atoms with Gasteiger partial charge in [0.2, 0.25) is 0 Å². The minimum Gasteiger partial charge on any atom is -0.310 e. The average Bonchev–Trinajstić information content (AvgIpc) is 3.26. The third-order valence-corrected chi connectivity index (χ3v) is 7.49. The van der Waals surface area contributed by atoms with Gasteiger partial charge in [0.1, 0.15) is 5.82 Å². The van der Waals surface area contributed by atoms with Crippen molar-refractivity contribution in [3.8, 4) is 0 Å². The number of rotatable bonds is 8. The second kappa shape index (κ2) is 9.48. The summed E-state index contributed by atoms with van der Waals surface area (Å²) in [6, 6.07) is 9.11. The van der Waals surface area contributed by atoms with Gasteiger partial charge in [-0.25, -0.2) is 17.6 Å². The van der Waals surface area contributed by atoms with Crippen LogP contribution in [0.15, 0.2) is 50.9 Å². The summed E-state index contributed by atoms with van der Waals surface area (Å²) < 4.78 is 43.0. The zero-order chi connectivity index (χ0) is 23.6. The van der Waals surface area contributed by atoms with Gasteiger partial charge in [0, 0.05) is 12.6 Å². The third-order valence-electron chi connectivity index (χ3n) is 6.15. The summed E-state index contributed by atoms with van der Waals surface area (Å²) in [4.78, 5) is 27.2. The molecule has 0 amide bonds. The monoisotopic (exact) mass is 474 g/mol. The molecule has 1 atom stereocenters. The standard InChI is InChI=1S/C23H27FN4O4S/c1-14(10-15-6-2-3-7-15)25-13-16-8-4-5-9-20(16)28-33(31,32)17-11-18-21(19(24)12-17)26-23(30)27-22(18)29/h4-5,8-9,11-12,14-15,25,28H,2-3,6-7,10,13H2,1H3,(H2,26,27,29,30)/t14-/m0/s1. The molecule has 0 saturated heterocycles. The highest BCUT2D eigenvalue weighted by Crippen LogP contribution is 2.29. The third kappa shape index (κ3) is 5.33. The Morgan fingerprint density at radius 3 is 2.61 bits per heavy atom. The Bertz CT molecular complexity index is 1380. The second-order valence-corrected chi connectivity index (χ2v) is 10.3. The van der Waals surface area contributed by atoms with Crippen molar-refractivity contribution >= 4 is 26.6 Å². The van der Waals surface area contributed by atoms with Crippen LogP contribution in [0.1, 0.15) is 44.6 Å².